The highest BCUT2D eigenvalue weighted by molar-refractivity contribution is 9.10. The second kappa shape index (κ2) is 5.28. The van der Waals surface area contributed by atoms with Gasteiger partial charge in [0.05, 0.1) is 6.10 Å². The van der Waals surface area contributed by atoms with Crippen molar-refractivity contribution < 1.29 is 5.11 Å². The molecule has 1 N–H and O–H groups in total. The molecule has 3 atom stereocenters. The molecule has 1 fully saturated rings. The third kappa shape index (κ3) is 2.71. The van der Waals surface area contributed by atoms with Gasteiger partial charge in [-0.05, 0) is 47.6 Å². The molecule has 0 bridgehead atoms. The van der Waals surface area contributed by atoms with Crippen LogP contribution in [0.25, 0.3) is 0 Å². The number of rotatable bonds is 3. The van der Waals surface area contributed by atoms with Gasteiger partial charge < -0.3 is 5.11 Å². The summed E-state index contributed by atoms with van der Waals surface area (Å²) in [5, 5.41) is 11.2. The number of hydrogen-bond donors (Lipinski definition) is 1. The van der Waals surface area contributed by atoms with Crippen LogP contribution in [0.3, 0.4) is 0 Å². The van der Waals surface area contributed by atoms with Gasteiger partial charge in [0.2, 0.25) is 0 Å². The van der Waals surface area contributed by atoms with Gasteiger partial charge in [0, 0.05) is 9.50 Å². The summed E-state index contributed by atoms with van der Waals surface area (Å²) in [6.07, 6.45) is 0.572. The van der Waals surface area contributed by atoms with Crippen molar-refractivity contribution in [2.24, 2.45) is 5.92 Å². The third-order valence-corrected chi connectivity index (χ3v) is 4.71. The van der Waals surface area contributed by atoms with Gasteiger partial charge in [-0.2, -0.15) is 0 Å². The van der Waals surface area contributed by atoms with E-state index in [0.29, 0.717) is 10.9 Å². The maximum absolute atomic E-state index is 10.5. The topological polar surface area (TPSA) is 20.2 Å². The molecule has 0 saturated heterocycles. The van der Waals surface area contributed by atoms with E-state index in [1.807, 2.05) is 36.4 Å². The van der Waals surface area contributed by atoms with E-state index in [-0.39, 0.29) is 5.92 Å². The lowest BCUT2D eigenvalue weighted by Gasteiger charge is -2.13. The summed E-state index contributed by atoms with van der Waals surface area (Å²) in [6, 6.07) is 15.9. The molecule has 1 aliphatic rings. The van der Waals surface area contributed by atoms with Gasteiger partial charge in [-0.25, -0.2) is 0 Å². The number of halogens is 2. The quantitative estimate of drug-likeness (QED) is 0.841. The van der Waals surface area contributed by atoms with E-state index in [2.05, 4.69) is 28.1 Å². The number of aliphatic hydroxyl groups is 1. The molecule has 0 radical (unpaired) electrons. The van der Waals surface area contributed by atoms with Gasteiger partial charge >= 0.3 is 0 Å². The second-order valence-electron chi connectivity index (χ2n) is 5.03. The van der Waals surface area contributed by atoms with Crippen molar-refractivity contribution in [3.63, 3.8) is 0 Å². The molecule has 1 saturated carbocycles. The Bertz CT molecular complexity index is 585. The largest absolute Gasteiger partial charge is 0.388 e. The molecular weight excluding hydrogens is 324 g/mol. The molecule has 3 unspecified atom stereocenters. The van der Waals surface area contributed by atoms with Crippen molar-refractivity contribution in [1.82, 2.24) is 0 Å². The zero-order valence-corrected chi connectivity index (χ0v) is 12.6. The Morgan fingerprint density at radius 2 is 1.89 bits per heavy atom. The summed E-state index contributed by atoms with van der Waals surface area (Å²) in [6.45, 7) is 0. The summed E-state index contributed by atoms with van der Waals surface area (Å²) in [5.41, 5.74) is 2.20. The molecule has 0 amide bonds. The molecule has 3 rings (SSSR count). The molecule has 19 heavy (non-hydrogen) atoms. The first-order chi connectivity index (χ1) is 9.16. The average Bonchev–Trinajstić information content (AvgIpc) is 3.22. The Balaban J connectivity index is 1.80. The van der Waals surface area contributed by atoms with Crippen LogP contribution in [0, 0.1) is 5.92 Å². The zero-order chi connectivity index (χ0) is 13.4. The molecule has 2 aromatic rings. The maximum atomic E-state index is 10.5. The van der Waals surface area contributed by atoms with Crippen LogP contribution < -0.4 is 0 Å². The summed E-state index contributed by atoms with van der Waals surface area (Å²) < 4.78 is 0.920. The summed E-state index contributed by atoms with van der Waals surface area (Å²) in [4.78, 5) is 0. The van der Waals surface area contributed by atoms with Crippen LogP contribution in [0.2, 0.25) is 5.02 Å². The van der Waals surface area contributed by atoms with Crippen LogP contribution in [-0.2, 0) is 0 Å². The number of hydrogen-bond acceptors (Lipinski definition) is 1. The Kier molecular flexibility index (Phi) is 3.66. The maximum Gasteiger partial charge on any atom is 0.0835 e. The van der Waals surface area contributed by atoms with Crippen LogP contribution in [0.5, 0.6) is 0 Å². The van der Waals surface area contributed by atoms with Gasteiger partial charge in [0.15, 0.2) is 0 Å². The van der Waals surface area contributed by atoms with Gasteiger partial charge in [-0.1, -0.05) is 57.9 Å². The molecular formula is C16H14BrClO. The molecule has 1 nitrogen and oxygen atoms in total. The van der Waals surface area contributed by atoms with E-state index in [1.165, 1.54) is 5.56 Å². The molecule has 2 aromatic carbocycles. The Morgan fingerprint density at radius 3 is 2.63 bits per heavy atom. The fraction of sp³-hybridized carbons (Fsp3) is 0.250. The molecule has 0 spiro atoms. The Hall–Kier alpha value is -0.830. The first kappa shape index (κ1) is 13.2. The van der Waals surface area contributed by atoms with Crippen molar-refractivity contribution in [2.45, 2.75) is 18.4 Å². The van der Waals surface area contributed by atoms with Crippen LogP contribution in [-0.4, -0.2) is 5.11 Å². The Labute approximate surface area is 126 Å². The van der Waals surface area contributed by atoms with Crippen LogP contribution in [0.15, 0.2) is 53.0 Å². The number of benzene rings is 2. The highest BCUT2D eigenvalue weighted by Crippen LogP contribution is 2.54. The molecule has 3 heteroatoms. The van der Waals surface area contributed by atoms with Crippen molar-refractivity contribution in [3.05, 3.63) is 69.2 Å². The van der Waals surface area contributed by atoms with Crippen molar-refractivity contribution in [3.8, 4) is 0 Å². The minimum atomic E-state index is -0.460. The lowest BCUT2D eigenvalue weighted by atomic mass is 10.0. The van der Waals surface area contributed by atoms with Gasteiger partial charge in [-0.15, -0.1) is 0 Å². The van der Waals surface area contributed by atoms with Crippen LogP contribution in [0.4, 0.5) is 0 Å². The van der Waals surface area contributed by atoms with E-state index in [0.717, 1.165) is 16.5 Å². The Morgan fingerprint density at radius 1 is 1.16 bits per heavy atom. The van der Waals surface area contributed by atoms with Crippen molar-refractivity contribution >= 4 is 27.5 Å². The normalized spacial score (nSPS) is 23.1. The summed E-state index contributed by atoms with van der Waals surface area (Å²) in [5.74, 6) is 0.749. The van der Waals surface area contributed by atoms with Crippen LogP contribution >= 0.6 is 27.5 Å². The smallest absolute Gasteiger partial charge is 0.0835 e. The van der Waals surface area contributed by atoms with E-state index >= 15 is 0 Å². The second-order valence-corrected chi connectivity index (χ2v) is 6.32. The van der Waals surface area contributed by atoms with E-state index in [9.17, 15) is 5.11 Å². The summed E-state index contributed by atoms with van der Waals surface area (Å²) >= 11 is 9.49. The average molecular weight is 338 g/mol. The lowest BCUT2D eigenvalue weighted by Crippen LogP contribution is -2.02. The van der Waals surface area contributed by atoms with E-state index in [4.69, 9.17) is 11.6 Å². The van der Waals surface area contributed by atoms with E-state index in [1.54, 1.807) is 0 Å². The number of aliphatic hydroxyl groups excluding tert-OH is 1. The molecule has 0 aliphatic heterocycles. The first-order valence-electron chi connectivity index (χ1n) is 6.35. The minimum Gasteiger partial charge on any atom is -0.388 e. The van der Waals surface area contributed by atoms with Gasteiger partial charge in [0.25, 0.3) is 0 Å². The summed E-state index contributed by atoms with van der Waals surface area (Å²) in [7, 11) is 0. The standard InChI is InChI=1S/C16H14BrClO/c17-15-7-6-11(18)8-14(15)16(19)13-9-12(13)10-4-2-1-3-5-10/h1-8,12-13,16,19H,9H2. The van der Waals surface area contributed by atoms with Gasteiger partial charge in [0.1, 0.15) is 0 Å². The van der Waals surface area contributed by atoms with Crippen molar-refractivity contribution in [2.75, 3.05) is 0 Å². The monoisotopic (exact) mass is 336 g/mol. The zero-order valence-electron chi connectivity index (χ0n) is 10.3. The van der Waals surface area contributed by atoms with E-state index < -0.39 is 6.10 Å². The highest BCUT2D eigenvalue weighted by atomic mass is 79.9. The molecule has 1 aliphatic carbocycles. The molecule has 0 heterocycles. The van der Waals surface area contributed by atoms with Crippen LogP contribution in [0.1, 0.15) is 29.6 Å². The third-order valence-electron chi connectivity index (χ3n) is 3.75. The minimum absolute atomic E-state index is 0.289. The molecule has 0 aromatic heterocycles. The highest BCUT2D eigenvalue weighted by Gasteiger charge is 2.44. The fourth-order valence-electron chi connectivity index (χ4n) is 2.62. The lowest BCUT2D eigenvalue weighted by molar-refractivity contribution is 0.150. The fourth-order valence-corrected chi connectivity index (χ4v) is 3.28. The van der Waals surface area contributed by atoms with Crippen molar-refractivity contribution in [1.29, 1.82) is 0 Å². The predicted molar refractivity (Wildman–Crippen MR) is 81.4 cm³/mol. The van der Waals surface area contributed by atoms with Gasteiger partial charge in [-0.3, -0.25) is 0 Å². The predicted octanol–water partition coefficient (Wildman–Crippen LogP) is 4.94. The molecule has 98 valence electrons. The first-order valence-corrected chi connectivity index (χ1v) is 7.52. The SMILES string of the molecule is OC(c1cc(Cl)ccc1Br)C1CC1c1ccccc1.